The monoisotopic (exact) mass is 205 g/mol. The Morgan fingerprint density at radius 1 is 1.47 bits per heavy atom. The van der Waals surface area contributed by atoms with Crippen molar-refractivity contribution in [3.8, 4) is 0 Å². The number of nitrogen functional groups attached to an aromatic ring is 1. The average Bonchev–Trinajstić information content (AvgIpc) is 2.82. The molecule has 15 heavy (non-hydrogen) atoms. The lowest BCUT2D eigenvalue weighted by Crippen LogP contribution is -2.37. The number of hydrogen-bond donors (Lipinski definition) is 3. The van der Waals surface area contributed by atoms with Crippen molar-refractivity contribution in [2.45, 2.75) is 25.3 Å². The molecule has 4 nitrogen and oxygen atoms in total. The van der Waals surface area contributed by atoms with Gasteiger partial charge >= 0.3 is 6.03 Å². The summed E-state index contributed by atoms with van der Waals surface area (Å²) in [5, 5.41) is 5.66. The van der Waals surface area contributed by atoms with Crippen LogP contribution in [0.4, 0.5) is 16.2 Å². The van der Waals surface area contributed by atoms with E-state index in [-0.39, 0.29) is 11.6 Å². The van der Waals surface area contributed by atoms with E-state index in [0.29, 0.717) is 5.69 Å². The summed E-state index contributed by atoms with van der Waals surface area (Å²) in [7, 11) is 0. The Morgan fingerprint density at radius 2 is 2.20 bits per heavy atom. The number of nitrogens with two attached hydrogens (primary N) is 1. The van der Waals surface area contributed by atoms with Gasteiger partial charge in [0, 0.05) is 16.9 Å². The summed E-state index contributed by atoms with van der Waals surface area (Å²) >= 11 is 0. The van der Waals surface area contributed by atoms with Crippen LogP contribution in [-0.2, 0) is 0 Å². The van der Waals surface area contributed by atoms with Gasteiger partial charge < -0.3 is 16.4 Å². The molecule has 1 saturated carbocycles. The van der Waals surface area contributed by atoms with Gasteiger partial charge in [0.1, 0.15) is 0 Å². The lowest BCUT2D eigenvalue weighted by atomic mass is 10.3. The van der Waals surface area contributed by atoms with Crippen LogP contribution in [-0.4, -0.2) is 11.6 Å². The SMILES string of the molecule is CC1(NC(=O)Nc2cccc(N)c2)CC1. The quantitative estimate of drug-likeness (QED) is 0.646. The van der Waals surface area contributed by atoms with Crippen LogP contribution in [0.1, 0.15) is 19.8 Å². The highest BCUT2D eigenvalue weighted by Gasteiger charge is 2.38. The number of carbonyl (C=O) groups is 1. The van der Waals surface area contributed by atoms with Gasteiger partial charge in [0.2, 0.25) is 0 Å². The van der Waals surface area contributed by atoms with Gasteiger partial charge in [0.15, 0.2) is 0 Å². The summed E-state index contributed by atoms with van der Waals surface area (Å²) in [4.78, 5) is 11.5. The van der Waals surface area contributed by atoms with Crippen molar-refractivity contribution in [2.24, 2.45) is 0 Å². The Morgan fingerprint density at radius 3 is 2.80 bits per heavy atom. The Labute approximate surface area is 88.9 Å². The van der Waals surface area contributed by atoms with E-state index >= 15 is 0 Å². The van der Waals surface area contributed by atoms with E-state index < -0.39 is 0 Å². The van der Waals surface area contributed by atoms with Crippen molar-refractivity contribution < 1.29 is 4.79 Å². The van der Waals surface area contributed by atoms with Gasteiger partial charge in [-0.25, -0.2) is 4.79 Å². The van der Waals surface area contributed by atoms with Crippen LogP contribution in [0.25, 0.3) is 0 Å². The second-order valence-corrected chi connectivity index (χ2v) is 4.27. The summed E-state index contributed by atoms with van der Waals surface area (Å²) in [6, 6.07) is 6.97. The predicted molar refractivity (Wildman–Crippen MR) is 60.6 cm³/mol. The molecule has 1 aromatic rings. The molecule has 0 heterocycles. The minimum Gasteiger partial charge on any atom is -0.399 e. The first-order valence-corrected chi connectivity index (χ1v) is 5.02. The van der Waals surface area contributed by atoms with Crippen LogP contribution in [0.15, 0.2) is 24.3 Å². The molecule has 0 saturated heterocycles. The molecule has 0 unspecified atom stereocenters. The number of anilines is 2. The predicted octanol–water partition coefficient (Wildman–Crippen LogP) is 1.94. The summed E-state index contributed by atoms with van der Waals surface area (Å²) in [6.45, 7) is 2.03. The first kappa shape index (κ1) is 9.83. The summed E-state index contributed by atoms with van der Waals surface area (Å²) in [5.41, 5.74) is 6.97. The van der Waals surface area contributed by atoms with Crippen molar-refractivity contribution in [2.75, 3.05) is 11.1 Å². The first-order valence-electron chi connectivity index (χ1n) is 5.02. The molecule has 2 amide bonds. The Hall–Kier alpha value is -1.71. The molecule has 0 aromatic heterocycles. The molecule has 1 aliphatic carbocycles. The Balaban J connectivity index is 1.93. The highest BCUT2D eigenvalue weighted by molar-refractivity contribution is 5.90. The molecule has 4 heteroatoms. The van der Waals surface area contributed by atoms with Gasteiger partial charge in [-0.3, -0.25) is 0 Å². The second-order valence-electron chi connectivity index (χ2n) is 4.27. The van der Waals surface area contributed by atoms with Crippen molar-refractivity contribution >= 4 is 17.4 Å². The van der Waals surface area contributed by atoms with Gasteiger partial charge in [0.05, 0.1) is 0 Å². The lowest BCUT2D eigenvalue weighted by Gasteiger charge is -2.12. The number of hydrogen-bond acceptors (Lipinski definition) is 2. The summed E-state index contributed by atoms with van der Waals surface area (Å²) < 4.78 is 0. The molecular formula is C11H15N3O. The fourth-order valence-corrected chi connectivity index (χ4v) is 1.37. The zero-order valence-electron chi connectivity index (χ0n) is 8.71. The zero-order chi connectivity index (χ0) is 10.9. The van der Waals surface area contributed by atoms with Crippen LogP contribution >= 0.6 is 0 Å². The zero-order valence-corrected chi connectivity index (χ0v) is 8.71. The van der Waals surface area contributed by atoms with Crippen LogP contribution in [0.5, 0.6) is 0 Å². The molecule has 1 fully saturated rings. The van der Waals surface area contributed by atoms with Crippen molar-refractivity contribution in [3.63, 3.8) is 0 Å². The minimum absolute atomic E-state index is 0.00437. The molecule has 0 radical (unpaired) electrons. The van der Waals surface area contributed by atoms with Crippen LogP contribution in [0.2, 0.25) is 0 Å². The van der Waals surface area contributed by atoms with Gasteiger partial charge in [0.25, 0.3) is 0 Å². The molecule has 2 rings (SSSR count). The number of benzene rings is 1. The molecule has 0 spiro atoms. The molecule has 0 bridgehead atoms. The maximum atomic E-state index is 11.5. The van der Waals surface area contributed by atoms with E-state index in [2.05, 4.69) is 10.6 Å². The third-order valence-electron chi connectivity index (χ3n) is 2.56. The van der Waals surface area contributed by atoms with E-state index in [4.69, 9.17) is 5.73 Å². The fraction of sp³-hybridized carbons (Fsp3) is 0.364. The smallest absolute Gasteiger partial charge is 0.319 e. The normalized spacial score (nSPS) is 16.9. The minimum atomic E-state index is -0.166. The third kappa shape index (κ3) is 2.62. The molecule has 0 atom stereocenters. The van der Waals surface area contributed by atoms with E-state index in [0.717, 1.165) is 18.5 Å². The summed E-state index contributed by atoms with van der Waals surface area (Å²) in [6.07, 6.45) is 2.11. The van der Waals surface area contributed by atoms with Crippen LogP contribution in [0.3, 0.4) is 0 Å². The maximum absolute atomic E-state index is 11.5. The van der Waals surface area contributed by atoms with Gasteiger partial charge in [-0.05, 0) is 38.0 Å². The van der Waals surface area contributed by atoms with Gasteiger partial charge in [-0.1, -0.05) is 6.07 Å². The van der Waals surface area contributed by atoms with Crippen molar-refractivity contribution in [1.29, 1.82) is 0 Å². The van der Waals surface area contributed by atoms with E-state index in [9.17, 15) is 4.79 Å². The topological polar surface area (TPSA) is 67.2 Å². The van der Waals surface area contributed by atoms with Gasteiger partial charge in [-0.15, -0.1) is 0 Å². The standard InChI is InChI=1S/C11H15N3O/c1-11(5-6-11)14-10(15)13-9-4-2-3-8(12)7-9/h2-4,7H,5-6,12H2,1H3,(H2,13,14,15). The summed E-state index contributed by atoms with van der Waals surface area (Å²) in [5.74, 6) is 0. The molecular weight excluding hydrogens is 190 g/mol. The average molecular weight is 205 g/mol. The molecule has 4 N–H and O–H groups in total. The highest BCUT2D eigenvalue weighted by atomic mass is 16.2. The van der Waals surface area contributed by atoms with Crippen molar-refractivity contribution in [3.05, 3.63) is 24.3 Å². The van der Waals surface area contributed by atoms with Crippen LogP contribution < -0.4 is 16.4 Å². The maximum Gasteiger partial charge on any atom is 0.319 e. The number of urea groups is 1. The van der Waals surface area contributed by atoms with E-state index in [1.54, 1.807) is 12.1 Å². The molecule has 0 aliphatic heterocycles. The number of nitrogens with one attached hydrogen (secondary N) is 2. The molecule has 1 aliphatic rings. The van der Waals surface area contributed by atoms with Crippen molar-refractivity contribution in [1.82, 2.24) is 5.32 Å². The third-order valence-corrected chi connectivity index (χ3v) is 2.56. The number of amides is 2. The first-order chi connectivity index (χ1) is 7.07. The largest absolute Gasteiger partial charge is 0.399 e. The molecule has 80 valence electrons. The van der Waals surface area contributed by atoms with Gasteiger partial charge in [-0.2, -0.15) is 0 Å². The van der Waals surface area contributed by atoms with E-state index in [1.165, 1.54) is 0 Å². The number of carbonyl (C=O) groups excluding carboxylic acids is 1. The molecule has 1 aromatic carbocycles. The van der Waals surface area contributed by atoms with E-state index in [1.807, 2.05) is 19.1 Å². The fourth-order valence-electron chi connectivity index (χ4n) is 1.37. The van der Waals surface area contributed by atoms with Crippen LogP contribution in [0, 0.1) is 0 Å². The second kappa shape index (κ2) is 3.46. The Bertz CT molecular complexity index is 385. The Kier molecular flexibility index (Phi) is 2.26. The lowest BCUT2D eigenvalue weighted by molar-refractivity contribution is 0.248. The highest BCUT2D eigenvalue weighted by Crippen LogP contribution is 2.34. The number of rotatable bonds is 2.